The molecule has 0 radical (unpaired) electrons. The minimum absolute atomic E-state index is 0.161. The van der Waals surface area contributed by atoms with Crippen LogP contribution in [0.15, 0.2) is 36.7 Å². The van der Waals surface area contributed by atoms with Crippen LogP contribution in [-0.4, -0.2) is 9.78 Å². The van der Waals surface area contributed by atoms with E-state index < -0.39 is 0 Å². The van der Waals surface area contributed by atoms with Gasteiger partial charge in [0.15, 0.2) is 0 Å². The molecule has 1 heterocycles. The summed E-state index contributed by atoms with van der Waals surface area (Å²) in [5, 5.41) is 7.92. The second-order valence-corrected chi connectivity index (χ2v) is 6.56. The van der Waals surface area contributed by atoms with Crippen molar-refractivity contribution in [1.29, 1.82) is 0 Å². The van der Waals surface area contributed by atoms with Crippen LogP contribution in [0.25, 0.3) is 0 Å². The van der Waals surface area contributed by atoms with Gasteiger partial charge in [-0.15, -0.1) is 0 Å². The molecule has 0 saturated heterocycles. The van der Waals surface area contributed by atoms with Crippen LogP contribution in [0.3, 0.4) is 0 Å². The van der Waals surface area contributed by atoms with Crippen molar-refractivity contribution in [2.24, 2.45) is 12.5 Å². The second kappa shape index (κ2) is 5.80. The summed E-state index contributed by atoms with van der Waals surface area (Å²) in [7, 11) is 1.95. The highest BCUT2D eigenvalue weighted by Crippen LogP contribution is 2.34. The molecule has 2 rings (SSSR count). The summed E-state index contributed by atoms with van der Waals surface area (Å²) in [6.07, 6.45) is 3.98. The third-order valence-corrected chi connectivity index (χ3v) is 3.63. The van der Waals surface area contributed by atoms with Gasteiger partial charge in [0.1, 0.15) is 0 Å². The van der Waals surface area contributed by atoms with Gasteiger partial charge in [0, 0.05) is 31.4 Å². The topological polar surface area (TPSA) is 29.9 Å². The molecule has 0 bridgehead atoms. The van der Waals surface area contributed by atoms with Gasteiger partial charge >= 0.3 is 0 Å². The minimum atomic E-state index is 0.161. The van der Waals surface area contributed by atoms with Crippen molar-refractivity contribution in [3.63, 3.8) is 0 Å². The van der Waals surface area contributed by atoms with Crippen LogP contribution in [0.4, 0.5) is 0 Å². The fourth-order valence-corrected chi connectivity index (χ4v) is 2.58. The lowest BCUT2D eigenvalue weighted by molar-refractivity contribution is 0.270. The molecule has 3 heteroatoms. The molecule has 0 saturated carbocycles. The maximum absolute atomic E-state index is 4.22. The molecule has 0 aliphatic rings. The molecule has 1 aromatic heterocycles. The zero-order chi connectivity index (χ0) is 14.8. The van der Waals surface area contributed by atoms with Gasteiger partial charge in [-0.25, -0.2) is 0 Å². The predicted molar refractivity (Wildman–Crippen MR) is 83.4 cm³/mol. The molecule has 1 atom stereocenters. The third kappa shape index (κ3) is 3.48. The van der Waals surface area contributed by atoms with Gasteiger partial charge in [-0.2, -0.15) is 5.10 Å². The lowest BCUT2D eigenvalue weighted by Gasteiger charge is -2.33. The van der Waals surface area contributed by atoms with Crippen molar-refractivity contribution < 1.29 is 0 Å². The van der Waals surface area contributed by atoms with Gasteiger partial charge in [0.05, 0.1) is 6.20 Å². The molecule has 20 heavy (non-hydrogen) atoms. The highest BCUT2D eigenvalue weighted by Gasteiger charge is 2.26. The monoisotopic (exact) mass is 271 g/mol. The molecule has 2 aromatic rings. The molecular weight excluding hydrogens is 246 g/mol. The van der Waals surface area contributed by atoms with E-state index in [0.29, 0.717) is 6.04 Å². The number of nitrogens with one attached hydrogen (secondary N) is 1. The van der Waals surface area contributed by atoms with Gasteiger partial charge in [-0.1, -0.05) is 45.0 Å². The van der Waals surface area contributed by atoms with Gasteiger partial charge in [-0.05, 0) is 23.5 Å². The first-order valence-electron chi connectivity index (χ1n) is 7.14. The molecule has 1 aromatic carbocycles. The van der Waals surface area contributed by atoms with E-state index in [1.54, 1.807) is 0 Å². The number of benzene rings is 1. The summed E-state index contributed by atoms with van der Waals surface area (Å²) < 4.78 is 1.84. The Hall–Kier alpha value is -1.61. The number of nitrogens with zero attached hydrogens (tertiary/aromatic N) is 2. The first-order chi connectivity index (χ1) is 9.38. The number of hydrogen-bond acceptors (Lipinski definition) is 2. The van der Waals surface area contributed by atoms with E-state index >= 15 is 0 Å². The first kappa shape index (κ1) is 14.8. The quantitative estimate of drug-likeness (QED) is 0.920. The van der Waals surface area contributed by atoms with E-state index in [-0.39, 0.29) is 5.41 Å². The average Bonchev–Trinajstić information content (AvgIpc) is 2.76. The fraction of sp³-hybridized carbons (Fsp3) is 0.471. The lowest BCUT2D eigenvalue weighted by Crippen LogP contribution is -2.32. The smallest absolute Gasteiger partial charge is 0.0534 e. The number of aromatic nitrogens is 2. The van der Waals surface area contributed by atoms with Crippen molar-refractivity contribution in [3.8, 4) is 0 Å². The summed E-state index contributed by atoms with van der Waals surface area (Å²) in [6.45, 7) is 9.85. The largest absolute Gasteiger partial charge is 0.305 e. The van der Waals surface area contributed by atoms with Crippen molar-refractivity contribution in [2.75, 3.05) is 0 Å². The molecule has 0 fully saturated rings. The maximum Gasteiger partial charge on any atom is 0.0534 e. The highest BCUT2D eigenvalue weighted by molar-refractivity contribution is 5.30. The molecule has 0 aliphatic carbocycles. The first-order valence-corrected chi connectivity index (χ1v) is 7.14. The van der Waals surface area contributed by atoms with E-state index in [0.717, 1.165) is 6.54 Å². The summed E-state index contributed by atoms with van der Waals surface area (Å²) in [5.41, 5.74) is 4.10. The van der Waals surface area contributed by atoms with Crippen LogP contribution in [0, 0.1) is 12.3 Å². The summed E-state index contributed by atoms with van der Waals surface area (Å²) in [5.74, 6) is 0. The van der Waals surface area contributed by atoms with Crippen molar-refractivity contribution >= 4 is 0 Å². The van der Waals surface area contributed by atoms with Gasteiger partial charge < -0.3 is 5.32 Å². The number of aryl methyl sites for hydroxylation is 2. The SMILES string of the molecule is Cc1ccccc1C(NCc1cnn(C)c1)C(C)(C)C. The standard InChI is InChI=1S/C17H25N3/c1-13-8-6-7-9-15(13)16(17(2,3)4)18-10-14-11-19-20(5)12-14/h6-9,11-12,16,18H,10H2,1-5H3. The summed E-state index contributed by atoms with van der Waals surface area (Å²) in [6, 6.07) is 8.94. The minimum Gasteiger partial charge on any atom is -0.305 e. The van der Waals surface area contributed by atoms with E-state index in [1.165, 1.54) is 16.7 Å². The summed E-state index contributed by atoms with van der Waals surface area (Å²) >= 11 is 0. The Kier molecular flexibility index (Phi) is 4.29. The Morgan fingerprint density at radius 3 is 2.50 bits per heavy atom. The highest BCUT2D eigenvalue weighted by atomic mass is 15.2. The van der Waals surface area contributed by atoms with E-state index in [1.807, 2.05) is 17.9 Å². The Balaban J connectivity index is 2.19. The van der Waals surface area contributed by atoms with Crippen molar-refractivity contribution in [2.45, 2.75) is 40.3 Å². The Bertz CT molecular complexity index is 564. The van der Waals surface area contributed by atoms with Crippen LogP contribution in [0.2, 0.25) is 0 Å². The van der Waals surface area contributed by atoms with Gasteiger partial charge in [0.25, 0.3) is 0 Å². The number of rotatable bonds is 4. The van der Waals surface area contributed by atoms with Crippen LogP contribution >= 0.6 is 0 Å². The predicted octanol–water partition coefficient (Wildman–Crippen LogP) is 3.61. The van der Waals surface area contributed by atoms with E-state index in [2.05, 4.69) is 68.6 Å². The second-order valence-electron chi connectivity index (χ2n) is 6.56. The molecule has 0 amide bonds. The molecule has 0 aliphatic heterocycles. The van der Waals surface area contributed by atoms with E-state index in [4.69, 9.17) is 0 Å². The zero-order valence-corrected chi connectivity index (χ0v) is 13.1. The molecule has 108 valence electrons. The fourth-order valence-electron chi connectivity index (χ4n) is 2.58. The Labute approximate surface area is 122 Å². The Morgan fingerprint density at radius 2 is 1.95 bits per heavy atom. The Morgan fingerprint density at radius 1 is 1.25 bits per heavy atom. The van der Waals surface area contributed by atoms with E-state index in [9.17, 15) is 0 Å². The van der Waals surface area contributed by atoms with Crippen LogP contribution in [0.5, 0.6) is 0 Å². The molecule has 1 unspecified atom stereocenters. The van der Waals surface area contributed by atoms with Crippen molar-refractivity contribution in [1.82, 2.24) is 15.1 Å². The third-order valence-electron chi connectivity index (χ3n) is 3.63. The normalized spacial score (nSPS) is 13.4. The van der Waals surface area contributed by atoms with Crippen LogP contribution in [0.1, 0.15) is 43.5 Å². The lowest BCUT2D eigenvalue weighted by atomic mass is 9.81. The average molecular weight is 271 g/mol. The molecule has 1 N–H and O–H groups in total. The summed E-state index contributed by atoms with van der Waals surface area (Å²) in [4.78, 5) is 0. The van der Waals surface area contributed by atoms with Gasteiger partial charge in [0.2, 0.25) is 0 Å². The zero-order valence-electron chi connectivity index (χ0n) is 13.1. The number of hydrogen-bond donors (Lipinski definition) is 1. The maximum atomic E-state index is 4.22. The molecular formula is C17H25N3. The molecule has 3 nitrogen and oxygen atoms in total. The van der Waals surface area contributed by atoms with Crippen molar-refractivity contribution in [3.05, 3.63) is 53.3 Å². The van der Waals surface area contributed by atoms with Crippen LogP contribution < -0.4 is 5.32 Å². The van der Waals surface area contributed by atoms with Gasteiger partial charge in [-0.3, -0.25) is 4.68 Å². The van der Waals surface area contributed by atoms with Crippen LogP contribution in [-0.2, 0) is 13.6 Å². The molecule has 0 spiro atoms.